The van der Waals surface area contributed by atoms with Crippen molar-refractivity contribution in [1.29, 1.82) is 0 Å². The van der Waals surface area contributed by atoms with Crippen LogP contribution in [0.15, 0.2) is 18.2 Å². The van der Waals surface area contributed by atoms with E-state index in [1.807, 2.05) is 25.1 Å². The highest BCUT2D eigenvalue weighted by atomic mass is 16.5. The van der Waals surface area contributed by atoms with Crippen molar-refractivity contribution < 1.29 is 14.6 Å². The maximum absolute atomic E-state index is 9.10. The summed E-state index contributed by atoms with van der Waals surface area (Å²) >= 11 is 0. The fourth-order valence-corrected chi connectivity index (χ4v) is 1.65. The van der Waals surface area contributed by atoms with Crippen LogP contribution in [0.5, 0.6) is 11.5 Å². The van der Waals surface area contributed by atoms with Crippen molar-refractivity contribution in [1.82, 2.24) is 5.32 Å². The summed E-state index contributed by atoms with van der Waals surface area (Å²) in [5, 5.41) is 12.5. The van der Waals surface area contributed by atoms with E-state index in [0.717, 1.165) is 17.1 Å². The van der Waals surface area contributed by atoms with Gasteiger partial charge >= 0.3 is 0 Å². The van der Waals surface area contributed by atoms with Gasteiger partial charge in [-0.1, -0.05) is 6.92 Å². The summed E-state index contributed by atoms with van der Waals surface area (Å²) in [6.07, 6.45) is 0. The quantitative estimate of drug-likeness (QED) is 0.778. The Morgan fingerprint density at radius 2 is 1.94 bits per heavy atom. The second-order valence-corrected chi connectivity index (χ2v) is 4.51. The molecule has 0 aliphatic rings. The summed E-state index contributed by atoms with van der Waals surface area (Å²) in [6, 6.07) is 5.98. The van der Waals surface area contributed by atoms with Crippen molar-refractivity contribution in [2.75, 3.05) is 20.8 Å². The molecule has 4 nitrogen and oxygen atoms in total. The molecule has 0 amide bonds. The van der Waals surface area contributed by atoms with Crippen LogP contribution in [0.2, 0.25) is 0 Å². The minimum Gasteiger partial charge on any atom is -0.497 e. The molecule has 1 rings (SSSR count). The number of rotatable bonds is 7. The molecule has 0 saturated carbocycles. The lowest BCUT2D eigenvalue weighted by molar-refractivity contribution is 0.206. The molecule has 0 aromatic heterocycles. The van der Waals surface area contributed by atoms with Crippen molar-refractivity contribution in [3.8, 4) is 11.5 Å². The van der Waals surface area contributed by atoms with E-state index in [1.165, 1.54) is 0 Å². The molecule has 0 fully saturated rings. The molecule has 0 heterocycles. The van der Waals surface area contributed by atoms with Gasteiger partial charge in [0.2, 0.25) is 0 Å². The zero-order chi connectivity index (χ0) is 13.5. The molecular weight excluding hydrogens is 230 g/mol. The summed E-state index contributed by atoms with van der Waals surface area (Å²) in [6.45, 7) is 4.95. The number of nitrogens with one attached hydrogen (secondary N) is 1. The maximum Gasteiger partial charge on any atom is 0.123 e. The van der Waals surface area contributed by atoms with Gasteiger partial charge in [0.05, 0.1) is 14.2 Å². The van der Waals surface area contributed by atoms with Crippen molar-refractivity contribution in [2.45, 2.75) is 26.4 Å². The van der Waals surface area contributed by atoms with Crippen molar-refractivity contribution >= 4 is 0 Å². The number of aliphatic hydroxyl groups is 1. The van der Waals surface area contributed by atoms with Crippen LogP contribution in [-0.4, -0.2) is 32.0 Å². The minimum atomic E-state index is 0.184. The van der Waals surface area contributed by atoms with Crippen LogP contribution in [0.4, 0.5) is 0 Å². The van der Waals surface area contributed by atoms with Crippen molar-refractivity contribution in [3.63, 3.8) is 0 Å². The molecule has 0 saturated heterocycles. The Bertz CT molecular complexity index is 368. The normalized spacial score (nSPS) is 14.1. The summed E-state index contributed by atoms with van der Waals surface area (Å²) < 4.78 is 10.5. The third-order valence-electron chi connectivity index (χ3n) is 3.24. The van der Waals surface area contributed by atoms with E-state index in [2.05, 4.69) is 12.2 Å². The van der Waals surface area contributed by atoms with Crippen LogP contribution in [0, 0.1) is 5.92 Å². The molecule has 2 N–H and O–H groups in total. The highest BCUT2D eigenvalue weighted by molar-refractivity contribution is 5.40. The first kappa shape index (κ1) is 14.8. The van der Waals surface area contributed by atoms with Gasteiger partial charge in [0.1, 0.15) is 11.5 Å². The van der Waals surface area contributed by atoms with E-state index in [0.29, 0.717) is 6.54 Å². The molecule has 18 heavy (non-hydrogen) atoms. The van der Waals surface area contributed by atoms with Crippen LogP contribution >= 0.6 is 0 Å². The SMILES string of the molecule is COc1ccc(OC)c(CNC(C)C(C)CO)c1. The largest absolute Gasteiger partial charge is 0.497 e. The van der Waals surface area contributed by atoms with Gasteiger partial charge in [-0.15, -0.1) is 0 Å². The molecule has 102 valence electrons. The number of ether oxygens (including phenoxy) is 2. The first-order valence-electron chi connectivity index (χ1n) is 6.17. The highest BCUT2D eigenvalue weighted by Crippen LogP contribution is 2.24. The Kier molecular flexibility index (Phi) is 5.95. The van der Waals surface area contributed by atoms with E-state index in [9.17, 15) is 0 Å². The number of hydrogen-bond acceptors (Lipinski definition) is 4. The fourth-order valence-electron chi connectivity index (χ4n) is 1.65. The average molecular weight is 253 g/mol. The van der Waals surface area contributed by atoms with Crippen molar-refractivity contribution in [3.05, 3.63) is 23.8 Å². The lowest BCUT2D eigenvalue weighted by Crippen LogP contribution is -2.33. The van der Waals surface area contributed by atoms with Crippen LogP contribution in [-0.2, 0) is 6.54 Å². The number of hydrogen-bond donors (Lipinski definition) is 2. The Hall–Kier alpha value is -1.26. The number of aliphatic hydroxyl groups excluding tert-OH is 1. The topological polar surface area (TPSA) is 50.7 Å². The zero-order valence-corrected chi connectivity index (χ0v) is 11.6. The van der Waals surface area contributed by atoms with Crippen LogP contribution in [0.25, 0.3) is 0 Å². The van der Waals surface area contributed by atoms with Gasteiger partial charge in [-0.3, -0.25) is 0 Å². The van der Waals surface area contributed by atoms with E-state index in [-0.39, 0.29) is 18.6 Å². The summed E-state index contributed by atoms with van der Waals surface area (Å²) in [5.41, 5.74) is 1.05. The molecule has 2 unspecified atom stereocenters. The summed E-state index contributed by atoms with van der Waals surface area (Å²) in [7, 11) is 3.31. The third-order valence-corrected chi connectivity index (χ3v) is 3.24. The lowest BCUT2D eigenvalue weighted by atomic mass is 10.0. The van der Waals surface area contributed by atoms with Gasteiger partial charge in [0.25, 0.3) is 0 Å². The minimum absolute atomic E-state index is 0.184. The third kappa shape index (κ3) is 3.89. The monoisotopic (exact) mass is 253 g/mol. The predicted molar refractivity (Wildman–Crippen MR) is 72.1 cm³/mol. The van der Waals surface area contributed by atoms with E-state index in [4.69, 9.17) is 14.6 Å². The van der Waals surface area contributed by atoms with Gasteiger partial charge in [-0.2, -0.15) is 0 Å². The van der Waals surface area contributed by atoms with E-state index >= 15 is 0 Å². The Labute approximate surface area is 109 Å². The number of methoxy groups -OCH3 is 2. The Morgan fingerprint density at radius 3 is 2.50 bits per heavy atom. The highest BCUT2D eigenvalue weighted by Gasteiger charge is 2.12. The van der Waals surface area contributed by atoms with Gasteiger partial charge in [0.15, 0.2) is 0 Å². The number of benzene rings is 1. The second-order valence-electron chi connectivity index (χ2n) is 4.51. The standard InChI is InChI=1S/C14H23NO3/c1-10(9-16)11(2)15-8-12-7-13(17-3)5-6-14(12)18-4/h5-7,10-11,15-16H,8-9H2,1-4H3. The van der Waals surface area contributed by atoms with Gasteiger partial charge in [-0.25, -0.2) is 0 Å². The molecule has 1 aromatic carbocycles. The molecule has 2 atom stereocenters. The molecule has 0 aliphatic heterocycles. The van der Waals surface area contributed by atoms with Crippen molar-refractivity contribution in [2.24, 2.45) is 5.92 Å². The molecule has 0 bridgehead atoms. The molecular formula is C14H23NO3. The maximum atomic E-state index is 9.10. The molecule has 0 radical (unpaired) electrons. The van der Waals surface area contributed by atoms with Gasteiger partial charge in [0, 0.05) is 24.8 Å². The lowest BCUT2D eigenvalue weighted by Gasteiger charge is -2.20. The molecule has 4 heteroatoms. The van der Waals surface area contributed by atoms with E-state index in [1.54, 1.807) is 14.2 Å². The molecule has 0 spiro atoms. The first-order valence-corrected chi connectivity index (χ1v) is 6.17. The van der Waals surface area contributed by atoms with Crippen LogP contribution in [0.1, 0.15) is 19.4 Å². The first-order chi connectivity index (χ1) is 8.62. The summed E-state index contributed by atoms with van der Waals surface area (Å²) in [4.78, 5) is 0. The average Bonchev–Trinajstić information content (AvgIpc) is 2.43. The summed E-state index contributed by atoms with van der Waals surface area (Å²) in [5.74, 6) is 1.88. The molecule has 0 aliphatic carbocycles. The van der Waals surface area contributed by atoms with Gasteiger partial charge < -0.3 is 19.9 Å². The fraction of sp³-hybridized carbons (Fsp3) is 0.571. The zero-order valence-electron chi connectivity index (χ0n) is 11.6. The predicted octanol–water partition coefficient (Wildman–Crippen LogP) is 1.81. The van der Waals surface area contributed by atoms with Crippen LogP contribution < -0.4 is 14.8 Å². The van der Waals surface area contributed by atoms with Gasteiger partial charge in [-0.05, 0) is 31.0 Å². The Balaban J connectivity index is 2.70. The van der Waals surface area contributed by atoms with Crippen LogP contribution in [0.3, 0.4) is 0 Å². The smallest absolute Gasteiger partial charge is 0.123 e. The molecule has 1 aromatic rings. The second kappa shape index (κ2) is 7.24. The Morgan fingerprint density at radius 1 is 1.22 bits per heavy atom. The van der Waals surface area contributed by atoms with E-state index < -0.39 is 0 Å².